The maximum atomic E-state index is 14.3. The lowest BCUT2D eigenvalue weighted by atomic mass is 10.0. The average Bonchev–Trinajstić information content (AvgIpc) is 3.20. The number of hydrogen-bond donors (Lipinski definition) is 0. The van der Waals surface area contributed by atoms with Crippen molar-refractivity contribution in [3.8, 4) is 28.3 Å². The summed E-state index contributed by atoms with van der Waals surface area (Å²) in [5.41, 5.74) is 2.06. The highest BCUT2D eigenvalue weighted by molar-refractivity contribution is 5.96. The van der Waals surface area contributed by atoms with Crippen molar-refractivity contribution < 1.29 is 22.6 Å². The van der Waals surface area contributed by atoms with Gasteiger partial charge in [-0.1, -0.05) is 30.3 Å². The molecular weight excluding hydrogens is 457 g/mol. The molecule has 0 atom stereocenters. The molecule has 1 fully saturated rings. The van der Waals surface area contributed by atoms with Gasteiger partial charge < -0.3 is 9.47 Å². The Hall–Kier alpha value is -3.43. The van der Waals surface area contributed by atoms with Crippen LogP contribution in [0.25, 0.3) is 33.5 Å². The number of methoxy groups -OCH3 is 1. The molecule has 1 aliphatic rings. The van der Waals surface area contributed by atoms with E-state index in [0.29, 0.717) is 36.6 Å². The summed E-state index contributed by atoms with van der Waals surface area (Å²) in [5.74, 6) is 0.538. The maximum absolute atomic E-state index is 14.3. The summed E-state index contributed by atoms with van der Waals surface area (Å²) >= 11 is 0. The molecule has 2 aromatic heterocycles. The van der Waals surface area contributed by atoms with Crippen LogP contribution in [0, 0.1) is 0 Å². The monoisotopic (exact) mass is 482 g/mol. The highest BCUT2D eigenvalue weighted by atomic mass is 19.4. The van der Waals surface area contributed by atoms with E-state index >= 15 is 0 Å². The van der Waals surface area contributed by atoms with Crippen molar-refractivity contribution in [3.63, 3.8) is 0 Å². The minimum absolute atomic E-state index is 0.0264. The van der Waals surface area contributed by atoms with E-state index in [4.69, 9.17) is 9.47 Å². The van der Waals surface area contributed by atoms with E-state index in [-0.39, 0.29) is 22.4 Å². The van der Waals surface area contributed by atoms with Crippen molar-refractivity contribution in [2.75, 3.05) is 33.4 Å². The Morgan fingerprint density at radius 3 is 2.49 bits per heavy atom. The average molecular weight is 483 g/mol. The van der Waals surface area contributed by atoms with Crippen molar-refractivity contribution in [1.29, 1.82) is 0 Å². The smallest absolute Gasteiger partial charge is 0.417 e. The number of fused-ring (bicyclic) bond motifs is 1. The predicted octanol–water partition coefficient (Wildman–Crippen LogP) is 5.16. The van der Waals surface area contributed by atoms with Gasteiger partial charge in [0.15, 0.2) is 5.65 Å². The number of aromatic nitrogens is 3. The molecule has 5 rings (SSSR count). The number of pyridine rings is 1. The van der Waals surface area contributed by atoms with Gasteiger partial charge >= 0.3 is 6.18 Å². The zero-order chi connectivity index (χ0) is 24.6. The van der Waals surface area contributed by atoms with Crippen LogP contribution in [0.4, 0.5) is 13.2 Å². The molecule has 0 radical (unpaired) electrons. The Labute approximate surface area is 200 Å². The van der Waals surface area contributed by atoms with Crippen LogP contribution in [-0.4, -0.2) is 53.1 Å². The van der Waals surface area contributed by atoms with Crippen LogP contribution in [0.5, 0.6) is 5.75 Å². The molecular formula is C26H25F3N4O2. The molecule has 6 nitrogen and oxygen atoms in total. The van der Waals surface area contributed by atoms with E-state index in [1.807, 2.05) is 18.2 Å². The zero-order valence-electron chi connectivity index (χ0n) is 19.5. The molecule has 0 N–H and O–H groups in total. The van der Waals surface area contributed by atoms with Gasteiger partial charge in [-0.25, -0.2) is 9.67 Å². The van der Waals surface area contributed by atoms with Crippen LogP contribution >= 0.6 is 0 Å². The number of halogens is 3. The number of nitrogens with zero attached hydrogens (tertiary/aromatic N) is 4. The molecule has 1 saturated heterocycles. The van der Waals surface area contributed by atoms with Gasteiger partial charge in [0.2, 0.25) is 0 Å². The third-order valence-corrected chi connectivity index (χ3v) is 6.17. The van der Waals surface area contributed by atoms with Crippen LogP contribution < -0.4 is 4.74 Å². The number of benzene rings is 2. The Morgan fingerprint density at radius 1 is 1.00 bits per heavy atom. The molecule has 182 valence electrons. The molecule has 35 heavy (non-hydrogen) atoms. The number of ether oxygens (including phenoxy) is 2. The predicted molar refractivity (Wildman–Crippen MR) is 127 cm³/mol. The zero-order valence-corrected chi connectivity index (χ0v) is 19.5. The largest absolute Gasteiger partial charge is 0.497 e. The Morgan fingerprint density at radius 2 is 1.74 bits per heavy atom. The normalized spacial score (nSPS) is 15.0. The van der Waals surface area contributed by atoms with Crippen LogP contribution in [0.2, 0.25) is 0 Å². The fraction of sp³-hybridized carbons (Fsp3) is 0.308. The highest BCUT2D eigenvalue weighted by Gasteiger charge is 2.36. The van der Waals surface area contributed by atoms with Crippen LogP contribution in [0.1, 0.15) is 11.1 Å². The third kappa shape index (κ3) is 4.74. The summed E-state index contributed by atoms with van der Waals surface area (Å²) < 4.78 is 55.1. The van der Waals surface area contributed by atoms with Gasteiger partial charge in [0.05, 0.1) is 37.0 Å². The maximum Gasteiger partial charge on any atom is 0.417 e. The molecule has 4 aromatic rings. The van der Waals surface area contributed by atoms with E-state index < -0.39 is 11.7 Å². The minimum Gasteiger partial charge on any atom is -0.497 e. The van der Waals surface area contributed by atoms with Crippen molar-refractivity contribution in [3.05, 3.63) is 65.7 Å². The third-order valence-electron chi connectivity index (χ3n) is 6.17. The second-order valence-electron chi connectivity index (χ2n) is 8.54. The summed E-state index contributed by atoms with van der Waals surface area (Å²) in [6.45, 7) is 3.73. The number of morpholine rings is 1. The van der Waals surface area contributed by atoms with E-state index in [2.05, 4.69) is 15.0 Å². The molecule has 0 spiro atoms. The summed E-state index contributed by atoms with van der Waals surface area (Å²) in [4.78, 5) is 6.90. The molecule has 0 unspecified atom stereocenters. The highest BCUT2D eigenvalue weighted by Crippen LogP contribution is 2.41. The molecule has 3 heterocycles. The fourth-order valence-electron chi connectivity index (χ4n) is 4.44. The van der Waals surface area contributed by atoms with Gasteiger partial charge in [-0.05, 0) is 29.8 Å². The fourth-order valence-corrected chi connectivity index (χ4v) is 4.44. The topological polar surface area (TPSA) is 52.4 Å². The van der Waals surface area contributed by atoms with E-state index in [0.717, 1.165) is 24.7 Å². The SMILES string of the molecule is COc1cccc(-c2nn(C)c3nc(-c4cccc(CN5CCOCC5)c4)cc(C(F)(F)F)c23)c1. The van der Waals surface area contributed by atoms with Gasteiger partial charge in [-0.2, -0.15) is 18.3 Å². The standard InChI is InChI=1S/C26H25F3N4O2/c1-32-25-23(24(31-32)19-7-4-8-20(14-19)34-2)21(26(27,28)29)15-22(30-25)18-6-3-5-17(13-18)16-33-9-11-35-12-10-33/h3-8,13-15H,9-12,16H2,1-2H3. The van der Waals surface area contributed by atoms with Crippen molar-refractivity contribution in [2.24, 2.45) is 7.05 Å². The second-order valence-corrected chi connectivity index (χ2v) is 8.54. The van der Waals surface area contributed by atoms with Crippen LogP contribution in [-0.2, 0) is 24.5 Å². The first-order chi connectivity index (χ1) is 16.8. The first-order valence-corrected chi connectivity index (χ1v) is 11.3. The minimum atomic E-state index is -4.59. The van der Waals surface area contributed by atoms with Crippen LogP contribution in [0.15, 0.2) is 54.6 Å². The summed E-state index contributed by atoms with van der Waals surface area (Å²) in [5, 5.41) is 4.39. The van der Waals surface area contributed by atoms with Crippen molar-refractivity contribution in [2.45, 2.75) is 12.7 Å². The van der Waals surface area contributed by atoms with Gasteiger partial charge in [0.1, 0.15) is 11.4 Å². The van der Waals surface area contributed by atoms with Crippen molar-refractivity contribution >= 4 is 11.0 Å². The summed E-state index contributed by atoms with van der Waals surface area (Å²) in [6.07, 6.45) is -4.59. The number of hydrogen-bond acceptors (Lipinski definition) is 5. The first-order valence-electron chi connectivity index (χ1n) is 11.3. The molecule has 0 aliphatic carbocycles. The Kier molecular flexibility index (Phi) is 6.21. The van der Waals surface area contributed by atoms with Crippen molar-refractivity contribution in [1.82, 2.24) is 19.7 Å². The van der Waals surface area contributed by atoms with E-state index in [1.165, 1.54) is 11.8 Å². The first kappa shape index (κ1) is 23.3. The summed E-state index contributed by atoms with van der Waals surface area (Å²) in [7, 11) is 3.12. The number of alkyl halides is 3. The van der Waals surface area contributed by atoms with Gasteiger partial charge in [0.25, 0.3) is 0 Å². The van der Waals surface area contributed by atoms with Gasteiger partial charge in [-0.15, -0.1) is 0 Å². The van der Waals surface area contributed by atoms with Crippen LogP contribution in [0.3, 0.4) is 0 Å². The summed E-state index contributed by atoms with van der Waals surface area (Å²) in [6, 6.07) is 15.5. The van der Waals surface area contributed by atoms with Gasteiger partial charge in [0, 0.05) is 37.8 Å². The Bertz CT molecular complexity index is 1360. The molecule has 0 amide bonds. The molecule has 1 aliphatic heterocycles. The van der Waals surface area contributed by atoms with Gasteiger partial charge in [-0.3, -0.25) is 4.90 Å². The molecule has 0 bridgehead atoms. The number of aryl methyl sites for hydroxylation is 1. The lowest BCUT2D eigenvalue weighted by Gasteiger charge is -2.26. The molecule has 0 saturated carbocycles. The second kappa shape index (κ2) is 9.31. The lowest BCUT2D eigenvalue weighted by molar-refractivity contribution is -0.136. The van der Waals surface area contributed by atoms with E-state index in [1.54, 1.807) is 37.4 Å². The lowest BCUT2D eigenvalue weighted by Crippen LogP contribution is -2.35. The Balaban J connectivity index is 1.62. The molecule has 9 heteroatoms. The van der Waals surface area contributed by atoms with E-state index in [9.17, 15) is 13.2 Å². The molecule has 2 aromatic carbocycles. The quantitative estimate of drug-likeness (QED) is 0.393. The number of rotatable bonds is 5.